The van der Waals surface area contributed by atoms with Gasteiger partial charge >= 0.3 is 0 Å². The normalized spacial score (nSPS) is 15.8. The molecule has 1 aromatic carbocycles. The highest BCUT2D eigenvalue weighted by atomic mass is 32.2. The van der Waals surface area contributed by atoms with Gasteiger partial charge < -0.3 is 10.2 Å². The smallest absolute Gasteiger partial charge is 0.234 e. The second-order valence-electron chi connectivity index (χ2n) is 5.79. The fourth-order valence-corrected chi connectivity index (χ4v) is 4.11. The zero-order chi connectivity index (χ0) is 18.6. The zero-order valence-corrected chi connectivity index (χ0v) is 15.9. The maximum Gasteiger partial charge on any atom is 0.234 e. The largest absolute Gasteiger partial charge is 0.367 e. The van der Waals surface area contributed by atoms with Crippen LogP contribution in [0.2, 0.25) is 0 Å². The number of thioether (sulfide) groups is 1. The molecule has 1 aliphatic heterocycles. The first-order valence-corrected chi connectivity index (χ1v) is 10.8. The Kier molecular flexibility index (Phi) is 5.79. The molecule has 11 heteroatoms. The molecule has 140 valence electrons. The third-order valence-corrected chi connectivity index (χ3v) is 6.14. The van der Waals surface area contributed by atoms with E-state index >= 15 is 0 Å². The van der Waals surface area contributed by atoms with Gasteiger partial charge in [0.15, 0.2) is 5.16 Å². The van der Waals surface area contributed by atoms with Crippen LogP contribution in [0.15, 0.2) is 35.7 Å². The van der Waals surface area contributed by atoms with E-state index in [0.717, 1.165) is 5.69 Å². The summed E-state index contributed by atoms with van der Waals surface area (Å²) in [6, 6.07) is 7.53. The summed E-state index contributed by atoms with van der Waals surface area (Å²) >= 11 is 1.27. The van der Waals surface area contributed by atoms with Gasteiger partial charge in [0.25, 0.3) is 0 Å². The molecule has 26 heavy (non-hydrogen) atoms. The second kappa shape index (κ2) is 8.06. The van der Waals surface area contributed by atoms with Crippen LogP contribution in [0.5, 0.6) is 0 Å². The summed E-state index contributed by atoms with van der Waals surface area (Å²) in [6.07, 6.45) is 2.62. The van der Waals surface area contributed by atoms with Crippen LogP contribution in [-0.4, -0.2) is 72.0 Å². The molecule has 0 spiro atoms. The van der Waals surface area contributed by atoms with Crippen molar-refractivity contribution in [2.75, 3.05) is 48.4 Å². The SMILES string of the molecule is CS(=O)(=O)N1CCN(c2ccccc2NC(=O)CSc2ncn[nH]2)CC1. The first-order valence-electron chi connectivity index (χ1n) is 8.00. The van der Waals surface area contributed by atoms with E-state index in [1.54, 1.807) is 0 Å². The van der Waals surface area contributed by atoms with Gasteiger partial charge in [-0.15, -0.1) is 0 Å². The highest BCUT2D eigenvalue weighted by Crippen LogP contribution is 2.27. The molecule has 0 atom stereocenters. The Hall–Kier alpha value is -2.11. The highest BCUT2D eigenvalue weighted by molar-refractivity contribution is 7.99. The summed E-state index contributed by atoms with van der Waals surface area (Å²) in [6.45, 7) is 2.02. The van der Waals surface area contributed by atoms with Crippen molar-refractivity contribution in [2.45, 2.75) is 5.16 Å². The number of benzene rings is 1. The molecule has 0 bridgehead atoms. The third kappa shape index (κ3) is 4.74. The zero-order valence-electron chi connectivity index (χ0n) is 14.3. The number of anilines is 2. The van der Waals surface area contributed by atoms with Gasteiger partial charge in [-0.1, -0.05) is 23.9 Å². The number of carbonyl (C=O) groups excluding carboxylic acids is 1. The summed E-state index contributed by atoms with van der Waals surface area (Å²) in [5.74, 6) is 0.0689. The third-order valence-electron chi connectivity index (χ3n) is 3.96. The van der Waals surface area contributed by atoms with Crippen LogP contribution in [0.3, 0.4) is 0 Å². The van der Waals surface area contributed by atoms with Crippen molar-refractivity contribution < 1.29 is 13.2 Å². The minimum Gasteiger partial charge on any atom is -0.367 e. The van der Waals surface area contributed by atoms with Crippen molar-refractivity contribution in [2.24, 2.45) is 0 Å². The predicted octanol–water partition coefficient (Wildman–Crippen LogP) is 0.617. The maximum atomic E-state index is 12.2. The van der Waals surface area contributed by atoms with Gasteiger partial charge in [0.05, 0.1) is 23.4 Å². The number of carbonyl (C=O) groups is 1. The number of H-pyrrole nitrogens is 1. The van der Waals surface area contributed by atoms with E-state index in [-0.39, 0.29) is 11.7 Å². The Morgan fingerprint density at radius 1 is 1.27 bits per heavy atom. The molecule has 0 unspecified atom stereocenters. The van der Waals surface area contributed by atoms with Gasteiger partial charge in [-0.3, -0.25) is 9.89 Å². The van der Waals surface area contributed by atoms with Crippen molar-refractivity contribution in [1.82, 2.24) is 19.5 Å². The summed E-state index contributed by atoms with van der Waals surface area (Å²) in [4.78, 5) is 18.3. The van der Waals surface area contributed by atoms with Crippen molar-refractivity contribution >= 4 is 39.1 Å². The van der Waals surface area contributed by atoms with Crippen molar-refractivity contribution in [3.05, 3.63) is 30.6 Å². The minimum atomic E-state index is -3.17. The summed E-state index contributed by atoms with van der Waals surface area (Å²) in [5.41, 5.74) is 1.60. The average molecular weight is 396 g/mol. The molecule has 2 heterocycles. The molecule has 1 amide bonds. The van der Waals surface area contributed by atoms with E-state index in [1.807, 2.05) is 24.3 Å². The first-order chi connectivity index (χ1) is 12.4. The number of nitrogens with one attached hydrogen (secondary N) is 2. The molecule has 0 saturated carbocycles. The number of hydrogen-bond acceptors (Lipinski definition) is 7. The molecular weight excluding hydrogens is 376 g/mol. The van der Waals surface area contributed by atoms with Gasteiger partial charge in [-0.25, -0.2) is 13.4 Å². The molecule has 1 aromatic heterocycles. The first kappa shape index (κ1) is 18.7. The second-order valence-corrected chi connectivity index (χ2v) is 8.74. The lowest BCUT2D eigenvalue weighted by Crippen LogP contribution is -2.48. The molecule has 0 radical (unpaired) electrons. The maximum absolute atomic E-state index is 12.2. The molecule has 1 saturated heterocycles. The average Bonchev–Trinajstić information content (AvgIpc) is 3.13. The Labute approximate surface area is 156 Å². The quantitative estimate of drug-likeness (QED) is 0.689. The molecule has 3 rings (SSSR count). The molecular formula is C15H20N6O3S2. The topological polar surface area (TPSA) is 111 Å². The van der Waals surface area contributed by atoms with E-state index in [1.165, 1.54) is 28.7 Å². The fourth-order valence-electron chi connectivity index (χ4n) is 2.70. The Morgan fingerprint density at radius 3 is 2.65 bits per heavy atom. The molecule has 2 N–H and O–H groups in total. The molecule has 9 nitrogen and oxygen atoms in total. The van der Waals surface area contributed by atoms with Crippen molar-refractivity contribution in [3.63, 3.8) is 0 Å². The van der Waals surface area contributed by atoms with Crippen LogP contribution in [-0.2, 0) is 14.8 Å². The van der Waals surface area contributed by atoms with Crippen LogP contribution in [0.4, 0.5) is 11.4 Å². The number of rotatable bonds is 6. The molecule has 2 aromatic rings. The van der Waals surface area contributed by atoms with Gasteiger partial charge in [0.2, 0.25) is 15.9 Å². The van der Waals surface area contributed by atoms with Gasteiger partial charge in [0.1, 0.15) is 6.33 Å². The Balaban J connectivity index is 1.62. The van der Waals surface area contributed by atoms with E-state index < -0.39 is 10.0 Å². The van der Waals surface area contributed by atoms with Gasteiger partial charge in [0, 0.05) is 26.2 Å². The Bertz CT molecular complexity index is 848. The number of aromatic nitrogens is 3. The molecule has 0 aliphatic carbocycles. The molecule has 1 aliphatic rings. The fraction of sp³-hybridized carbons (Fsp3) is 0.400. The number of amides is 1. The monoisotopic (exact) mass is 396 g/mol. The number of nitrogens with zero attached hydrogens (tertiary/aromatic N) is 4. The summed E-state index contributed by atoms with van der Waals surface area (Å²) < 4.78 is 24.8. The van der Waals surface area contributed by atoms with Crippen LogP contribution < -0.4 is 10.2 Å². The minimum absolute atomic E-state index is 0.145. The standard InChI is InChI=1S/C15H20N6O3S2/c1-26(23,24)21-8-6-20(7-9-21)13-5-3-2-4-12(13)18-14(22)10-25-15-16-11-17-19-15/h2-5,11H,6-10H2,1H3,(H,18,22)(H,16,17,19). The number of piperazine rings is 1. The van der Waals surface area contributed by atoms with Crippen molar-refractivity contribution in [1.29, 1.82) is 0 Å². The van der Waals surface area contributed by atoms with Crippen LogP contribution in [0.1, 0.15) is 0 Å². The number of para-hydroxylation sites is 2. The van der Waals surface area contributed by atoms with Gasteiger partial charge in [-0.2, -0.15) is 9.40 Å². The lowest BCUT2D eigenvalue weighted by Gasteiger charge is -2.35. The van der Waals surface area contributed by atoms with Crippen molar-refractivity contribution in [3.8, 4) is 0 Å². The highest BCUT2D eigenvalue weighted by Gasteiger charge is 2.24. The van der Waals surface area contributed by atoms with E-state index in [4.69, 9.17) is 0 Å². The predicted molar refractivity (Wildman–Crippen MR) is 101 cm³/mol. The van der Waals surface area contributed by atoms with Crippen LogP contribution in [0.25, 0.3) is 0 Å². The number of hydrogen-bond donors (Lipinski definition) is 2. The van der Waals surface area contributed by atoms with E-state index in [0.29, 0.717) is 37.0 Å². The Morgan fingerprint density at radius 2 is 2.00 bits per heavy atom. The van der Waals surface area contributed by atoms with E-state index in [9.17, 15) is 13.2 Å². The van der Waals surface area contributed by atoms with Crippen LogP contribution >= 0.6 is 11.8 Å². The summed E-state index contributed by atoms with van der Waals surface area (Å²) in [7, 11) is -3.17. The van der Waals surface area contributed by atoms with Crippen LogP contribution in [0, 0.1) is 0 Å². The number of aromatic amines is 1. The lowest BCUT2D eigenvalue weighted by molar-refractivity contribution is -0.113. The number of sulfonamides is 1. The summed E-state index contributed by atoms with van der Waals surface area (Å²) in [5, 5.41) is 9.94. The lowest BCUT2D eigenvalue weighted by atomic mass is 10.2. The molecule has 1 fully saturated rings. The van der Waals surface area contributed by atoms with Gasteiger partial charge in [-0.05, 0) is 12.1 Å². The van der Waals surface area contributed by atoms with E-state index in [2.05, 4.69) is 25.4 Å².